The maximum atomic E-state index is 13.2. The normalized spacial score (nSPS) is 13.3. The first-order valence-corrected chi connectivity index (χ1v) is 11.3. The summed E-state index contributed by atoms with van der Waals surface area (Å²) in [5.74, 6) is 0.731. The minimum Gasteiger partial charge on any atom is -0.479 e. The molecule has 0 bridgehead atoms. The first kappa shape index (κ1) is 23.7. The Labute approximate surface area is 195 Å². The van der Waals surface area contributed by atoms with E-state index < -0.39 is 12.1 Å². The zero-order valence-corrected chi connectivity index (χ0v) is 20.1. The van der Waals surface area contributed by atoms with Crippen LogP contribution in [0.15, 0.2) is 56.8 Å². The van der Waals surface area contributed by atoms with Crippen molar-refractivity contribution >= 4 is 39.0 Å². The van der Waals surface area contributed by atoms with Gasteiger partial charge in [0, 0.05) is 10.4 Å². The Morgan fingerprint density at radius 1 is 1.22 bits per heavy atom. The number of halogens is 1. The summed E-state index contributed by atoms with van der Waals surface area (Å²) in [6.45, 7) is 7.74. The number of nitrogens with zero attached hydrogens (tertiary/aromatic N) is 3. The van der Waals surface area contributed by atoms with Crippen molar-refractivity contribution in [3.63, 3.8) is 0 Å². The largest absolute Gasteiger partial charge is 0.479 e. The highest BCUT2D eigenvalue weighted by atomic mass is 79.9. The zero-order chi connectivity index (χ0) is 23.3. The topological polar surface area (TPSA) is 82.8 Å². The molecule has 7 nitrogen and oxygen atoms in total. The molecule has 0 saturated heterocycles. The molecule has 1 aromatic heterocycles. The van der Waals surface area contributed by atoms with Gasteiger partial charge in [0.2, 0.25) is 0 Å². The summed E-state index contributed by atoms with van der Waals surface area (Å²) in [5, 5.41) is 4.95. The smallest absolute Gasteiger partial charge is 0.347 e. The molecule has 3 aromatic rings. The van der Waals surface area contributed by atoms with E-state index in [1.165, 1.54) is 4.68 Å². The summed E-state index contributed by atoms with van der Waals surface area (Å²) >= 11 is 3.41. The standard InChI is InChI=1S/C24H26BrN3O4/c1-5-15(3)22-27-21-11-10-18(25)13-20(21)23(29)28(22)26-14-17-8-7-9-19(12-17)32-16(4)24(30)31-6-2/h7-16H,5-6H2,1-4H3/t15-,16-/m0/s1. The van der Waals surface area contributed by atoms with E-state index in [0.717, 1.165) is 16.5 Å². The van der Waals surface area contributed by atoms with Crippen LogP contribution in [0.25, 0.3) is 10.9 Å². The van der Waals surface area contributed by atoms with Gasteiger partial charge in [0.05, 0.1) is 23.7 Å². The van der Waals surface area contributed by atoms with Gasteiger partial charge in [-0.15, -0.1) is 0 Å². The zero-order valence-electron chi connectivity index (χ0n) is 18.5. The molecule has 32 heavy (non-hydrogen) atoms. The number of hydrogen-bond acceptors (Lipinski definition) is 6. The predicted octanol–water partition coefficient (Wildman–Crippen LogP) is 4.89. The van der Waals surface area contributed by atoms with Crippen molar-refractivity contribution in [2.45, 2.75) is 46.1 Å². The van der Waals surface area contributed by atoms with Crippen molar-refractivity contribution < 1.29 is 14.3 Å². The number of hydrogen-bond donors (Lipinski definition) is 0. The van der Waals surface area contributed by atoms with E-state index in [9.17, 15) is 9.59 Å². The molecular formula is C24H26BrN3O4. The molecule has 0 saturated carbocycles. The van der Waals surface area contributed by atoms with E-state index in [2.05, 4.69) is 21.0 Å². The van der Waals surface area contributed by atoms with Crippen LogP contribution in [0.3, 0.4) is 0 Å². The van der Waals surface area contributed by atoms with Crippen LogP contribution in [0.5, 0.6) is 5.75 Å². The second kappa shape index (κ2) is 10.5. The Balaban J connectivity index is 1.97. The molecule has 0 unspecified atom stereocenters. The van der Waals surface area contributed by atoms with Crippen molar-refractivity contribution in [1.29, 1.82) is 0 Å². The minimum atomic E-state index is -0.732. The van der Waals surface area contributed by atoms with Crippen LogP contribution in [-0.2, 0) is 9.53 Å². The van der Waals surface area contributed by atoms with E-state index in [1.807, 2.05) is 32.0 Å². The number of ether oxygens (including phenoxy) is 2. The molecule has 0 aliphatic heterocycles. The van der Waals surface area contributed by atoms with E-state index in [1.54, 1.807) is 44.3 Å². The third-order valence-electron chi connectivity index (χ3n) is 5.00. The Hall–Kier alpha value is -3.00. The average molecular weight is 500 g/mol. The molecule has 0 aliphatic carbocycles. The lowest BCUT2D eigenvalue weighted by atomic mass is 10.1. The molecule has 0 aliphatic rings. The first-order valence-electron chi connectivity index (χ1n) is 10.5. The molecule has 0 radical (unpaired) electrons. The SMILES string of the molecule is CCOC(=O)[C@H](C)Oc1cccc(C=Nn2c([C@@H](C)CC)nc3ccc(Br)cc3c2=O)c1. The first-order chi connectivity index (χ1) is 15.3. The fourth-order valence-corrected chi connectivity index (χ4v) is 3.44. The fraction of sp³-hybridized carbons (Fsp3) is 0.333. The quantitative estimate of drug-likeness (QED) is 0.325. The van der Waals surface area contributed by atoms with Crippen LogP contribution in [0.4, 0.5) is 0 Å². The molecule has 0 spiro atoms. The van der Waals surface area contributed by atoms with Gasteiger partial charge in [0.25, 0.3) is 5.56 Å². The van der Waals surface area contributed by atoms with Gasteiger partial charge in [0.15, 0.2) is 6.10 Å². The molecular weight excluding hydrogens is 474 g/mol. The van der Waals surface area contributed by atoms with Crippen LogP contribution in [0.1, 0.15) is 51.4 Å². The molecule has 0 N–H and O–H groups in total. The second-order valence-corrected chi connectivity index (χ2v) is 8.30. The average Bonchev–Trinajstić information content (AvgIpc) is 2.78. The number of carbonyl (C=O) groups is 1. The van der Waals surface area contributed by atoms with Gasteiger partial charge in [-0.25, -0.2) is 9.78 Å². The van der Waals surface area contributed by atoms with E-state index in [4.69, 9.17) is 14.5 Å². The molecule has 3 rings (SSSR count). The summed E-state index contributed by atoms with van der Waals surface area (Å²) in [7, 11) is 0. The maximum absolute atomic E-state index is 13.2. The summed E-state index contributed by atoms with van der Waals surface area (Å²) < 4.78 is 12.8. The van der Waals surface area contributed by atoms with Gasteiger partial charge in [-0.3, -0.25) is 4.79 Å². The number of benzene rings is 2. The molecule has 2 atom stereocenters. The van der Waals surface area contributed by atoms with Crippen molar-refractivity contribution in [3.8, 4) is 5.75 Å². The summed E-state index contributed by atoms with van der Waals surface area (Å²) in [6.07, 6.45) is 1.67. The molecule has 1 heterocycles. The van der Waals surface area contributed by atoms with Crippen molar-refractivity contribution in [2.75, 3.05) is 6.61 Å². The van der Waals surface area contributed by atoms with Gasteiger partial charge in [-0.1, -0.05) is 41.9 Å². The van der Waals surface area contributed by atoms with Crippen molar-refractivity contribution in [3.05, 3.63) is 68.7 Å². The molecule has 8 heteroatoms. The van der Waals surface area contributed by atoms with Crippen LogP contribution in [-0.4, -0.2) is 34.6 Å². The van der Waals surface area contributed by atoms with Crippen LogP contribution in [0, 0.1) is 0 Å². The van der Waals surface area contributed by atoms with E-state index >= 15 is 0 Å². The molecule has 0 fully saturated rings. The fourth-order valence-electron chi connectivity index (χ4n) is 3.08. The number of esters is 1. The number of rotatable bonds is 8. The highest BCUT2D eigenvalue weighted by Crippen LogP contribution is 2.21. The highest BCUT2D eigenvalue weighted by Gasteiger charge is 2.17. The van der Waals surface area contributed by atoms with Crippen molar-refractivity contribution in [1.82, 2.24) is 9.66 Å². The summed E-state index contributed by atoms with van der Waals surface area (Å²) in [5.41, 5.74) is 1.13. The lowest BCUT2D eigenvalue weighted by molar-refractivity contribution is -0.150. The Morgan fingerprint density at radius 2 is 2.00 bits per heavy atom. The third-order valence-corrected chi connectivity index (χ3v) is 5.49. The van der Waals surface area contributed by atoms with Gasteiger partial charge in [-0.05, 0) is 56.2 Å². The summed E-state index contributed by atoms with van der Waals surface area (Å²) in [6, 6.07) is 12.6. The van der Waals surface area contributed by atoms with Gasteiger partial charge in [0.1, 0.15) is 11.6 Å². The highest BCUT2D eigenvalue weighted by molar-refractivity contribution is 9.10. The Bertz CT molecular complexity index is 1210. The van der Waals surface area contributed by atoms with E-state index in [0.29, 0.717) is 29.1 Å². The van der Waals surface area contributed by atoms with Gasteiger partial charge >= 0.3 is 5.97 Å². The Morgan fingerprint density at radius 3 is 2.72 bits per heavy atom. The molecule has 168 valence electrons. The lowest BCUT2D eigenvalue weighted by Crippen LogP contribution is -2.26. The maximum Gasteiger partial charge on any atom is 0.347 e. The van der Waals surface area contributed by atoms with Crippen LogP contribution >= 0.6 is 15.9 Å². The third kappa shape index (κ3) is 5.43. The predicted molar refractivity (Wildman–Crippen MR) is 129 cm³/mol. The van der Waals surface area contributed by atoms with Crippen LogP contribution in [0.2, 0.25) is 0 Å². The lowest BCUT2D eigenvalue weighted by Gasteiger charge is -2.14. The summed E-state index contributed by atoms with van der Waals surface area (Å²) in [4.78, 5) is 29.7. The molecule has 2 aromatic carbocycles. The van der Waals surface area contributed by atoms with Crippen molar-refractivity contribution in [2.24, 2.45) is 5.10 Å². The second-order valence-electron chi connectivity index (χ2n) is 7.39. The van der Waals surface area contributed by atoms with Gasteiger partial charge < -0.3 is 9.47 Å². The molecule has 0 amide bonds. The Kier molecular flexibility index (Phi) is 7.80. The van der Waals surface area contributed by atoms with Gasteiger partial charge in [-0.2, -0.15) is 9.78 Å². The van der Waals surface area contributed by atoms with Crippen LogP contribution < -0.4 is 10.3 Å². The number of fused-ring (bicyclic) bond motifs is 1. The number of carbonyl (C=O) groups excluding carboxylic acids is 1. The van der Waals surface area contributed by atoms with E-state index in [-0.39, 0.29) is 11.5 Å². The number of aromatic nitrogens is 2. The minimum absolute atomic E-state index is 0.0491. The monoisotopic (exact) mass is 499 g/mol.